The molecule has 0 bridgehead atoms. The molecular formula is C21H15FN6O2S. The van der Waals surface area contributed by atoms with Crippen molar-refractivity contribution in [3.05, 3.63) is 80.1 Å². The van der Waals surface area contributed by atoms with Crippen molar-refractivity contribution in [1.29, 1.82) is 0 Å². The number of imidazole rings is 1. The van der Waals surface area contributed by atoms with Crippen LogP contribution in [0, 0.1) is 11.9 Å². The maximum Gasteiger partial charge on any atom is 0.325 e. The van der Waals surface area contributed by atoms with Gasteiger partial charge in [0.2, 0.25) is 5.95 Å². The molecule has 8 nitrogen and oxygen atoms in total. The first kappa shape index (κ1) is 18.1. The van der Waals surface area contributed by atoms with Gasteiger partial charge in [0.1, 0.15) is 0 Å². The quantitative estimate of drug-likeness (QED) is 0.452. The third kappa shape index (κ3) is 3.07. The van der Waals surface area contributed by atoms with E-state index in [2.05, 4.69) is 37.2 Å². The van der Waals surface area contributed by atoms with E-state index in [9.17, 15) is 14.0 Å². The molecule has 0 saturated heterocycles. The number of hydrogen-bond donors (Lipinski definition) is 2. The number of rotatable bonds is 4. The highest BCUT2D eigenvalue weighted by molar-refractivity contribution is 7.16. The number of H-pyrrole nitrogens is 2. The molecule has 31 heavy (non-hydrogen) atoms. The lowest BCUT2D eigenvalue weighted by molar-refractivity contribution is 0.549. The minimum atomic E-state index is -0.607. The molecule has 4 heterocycles. The average molecular weight is 434 g/mol. The first-order chi connectivity index (χ1) is 15.1. The molecule has 0 radical (unpaired) electrons. The summed E-state index contributed by atoms with van der Waals surface area (Å²) in [5, 5.41) is 4.24. The van der Waals surface area contributed by atoms with Crippen LogP contribution in [0.4, 0.5) is 4.39 Å². The van der Waals surface area contributed by atoms with Gasteiger partial charge in [0, 0.05) is 11.8 Å². The molecule has 0 spiro atoms. The Morgan fingerprint density at radius 3 is 3.00 bits per heavy atom. The highest BCUT2D eigenvalue weighted by Gasteiger charge is 2.40. The lowest BCUT2D eigenvalue weighted by atomic mass is 10.0. The van der Waals surface area contributed by atoms with Crippen molar-refractivity contribution in [2.75, 3.05) is 0 Å². The van der Waals surface area contributed by atoms with Gasteiger partial charge >= 0.3 is 5.69 Å². The molecule has 0 unspecified atom stereocenters. The van der Waals surface area contributed by atoms with Crippen LogP contribution in [0.2, 0.25) is 0 Å². The van der Waals surface area contributed by atoms with E-state index in [1.165, 1.54) is 11.8 Å². The van der Waals surface area contributed by atoms with E-state index in [4.69, 9.17) is 0 Å². The van der Waals surface area contributed by atoms with Crippen molar-refractivity contribution in [2.24, 2.45) is 5.92 Å². The van der Waals surface area contributed by atoms with Gasteiger partial charge in [0.05, 0.1) is 33.2 Å². The number of nitrogens with zero attached hydrogens (tertiary/aromatic N) is 4. The average Bonchev–Trinajstić information content (AvgIpc) is 3.16. The summed E-state index contributed by atoms with van der Waals surface area (Å²) in [5.41, 5.74) is 4.65. The van der Waals surface area contributed by atoms with Crippen LogP contribution in [0.25, 0.3) is 27.1 Å². The fraction of sp³-hybridized carbons (Fsp3) is 0.190. The first-order valence-corrected chi connectivity index (χ1v) is 10.6. The van der Waals surface area contributed by atoms with Crippen molar-refractivity contribution in [1.82, 2.24) is 29.5 Å². The zero-order valence-corrected chi connectivity index (χ0v) is 16.8. The maximum absolute atomic E-state index is 14.3. The number of thiazole rings is 1. The van der Waals surface area contributed by atoms with E-state index in [0.29, 0.717) is 11.6 Å². The normalized spacial score (nSPS) is 18.1. The molecule has 1 fully saturated rings. The molecule has 154 valence electrons. The Labute approximate surface area is 177 Å². The van der Waals surface area contributed by atoms with Gasteiger partial charge in [-0.25, -0.2) is 14.8 Å². The van der Waals surface area contributed by atoms with Crippen LogP contribution in [0.15, 0.2) is 51.8 Å². The van der Waals surface area contributed by atoms with Crippen LogP contribution >= 0.6 is 11.3 Å². The summed E-state index contributed by atoms with van der Waals surface area (Å²) in [6.45, 7) is 0. The predicted octanol–water partition coefficient (Wildman–Crippen LogP) is 2.87. The second kappa shape index (κ2) is 6.67. The van der Waals surface area contributed by atoms with E-state index >= 15 is 0 Å². The minimum absolute atomic E-state index is 0.170. The molecule has 1 aromatic carbocycles. The van der Waals surface area contributed by atoms with Crippen molar-refractivity contribution in [3.8, 4) is 11.3 Å². The van der Waals surface area contributed by atoms with E-state index < -0.39 is 17.2 Å². The molecule has 0 aliphatic heterocycles. The summed E-state index contributed by atoms with van der Waals surface area (Å²) in [5.74, 6) is -0.0325. The number of benzene rings is 1. The number of halogens is 1. The Hall–Kier alpha value is -3.66. The molecule has 1 aliphatic rings. The van der Waals surface area contributed by atoms with Gasteiger partial charge in [-0.2, -0.15) is 14.0 Å². The summed E-state index contributed by atoms with van der Waals surface area (Å²) in [6, 6.07) is 8.08. The van der Waals surface area contributed by atoms with Crippen LogP contribution in [-0.4, -0.2) is 29.5 Å². The number of hydrogen-bond acceptors (Lipinski definition) is 6. The van der Waals surface area contributed by atoms with Gasteiger partial charge in [-0.15, -0.1) is 11.3 Å². The van der Waals surface area contributed by atoms with Gasteiger partial charge in [-0.3, -0.25) is 9.78 Å². The summed E-state index contributed by atoms with van der Waals surface area (Å²) >= 11 is 1.62. The molecule has 6 rings (SSSR count). The summed E-state index contributed by atoms with van der Waals surface area (Å²) in [6.07, 6.45) is 4.26. The Morgan fingerprint density at radius 2 is 2.13 bits per heavy atom. The van der Waals surface area contributed by atoms with E-state index in [1.54, 1.807) is 17.4 Å². The van der Waals surface area contributed by atoms with Gasteiger partial charge in [-0.1, -0.05) is 6.07 Å². The lowest BCUT2D eigenvalue weighted by Gasteiger charge is -2.07. The Kier molecular flexibility index (Phi) is 3.90. The molecule has 4 aromatic heterocycles. The van der Waals surface area contributed by atoms with Crippen molar-refractivity contribution in [2.45, 2.75) is 18.8 Å². The minimum Gasteiger partial charge on any atom is -0.313 e. The lowest BCUT2D eigenvalue weighted by Crippen LogP contribution is -2.23. The SMILES string of the molecule is O=c1[nH]cc(-c2cc([C@H]3C[C@@H]3Cc3ccc4ncsc4c3)c3ncc(F)n3n2)c(=O)[nH]1. The predicted molar refractivity (Wildman–Crippen MR) is 114 cm³/mol. The second-order valence-corrected chi connectivity index (χ2v) is 8.63. The van der Waals surface area contributed by atoms with Crippen LogP contribution < -0.4 is 11.2 Å². The van der Waals surface area contributed by atoms with Gasteiger partial charge in [0.25, 0.3) is 5.56 Å². The van der Waals surface area contributed by atoms with Crippen molar-refractivity contribution in [3.63, 3.8) is 0 Å². The van der Waals surface area contributed by atoms with Crippen molar-refractivity contribution >= 4 is 27.2 Å². The molecule has 0 amide bonds. The Morgan fingerprint density at radius 1 is 1.23 bits per heavy atom. The van der Waals surface area contributed by atoms with Gasteiger partial charge < -0.3 is 4.98 Å². The van der Waals surface area contributed by atoms with Crippen molar-refractivity contribution < 1.29 is 4.39 Å². The fourth-order valence-electron chi connectivity index (χ4n) is 4.15. The molecule has 2 N–H and O–H groups in total. The van der Waals surface area contributed by atoms with Crippen LogP contribution in [-0.2, 0) is 6.42 Å². The molecule has 10 heteroatoms. The molecule has 1 saturated carbocycles. The monoisotopic (exact) mass is 434 g/mol. The second-order valence-electron chi connectivity index (χ2n) is 7.75. The largest absolute Gasteiger partial charge is 0.325 e. The van der Waals surface area contributed by atoms with Crippen LogP contribution in [0.3, 0.4) is 0 Å². The molecule has 2 atom stereocenters. The molecular weight excluding hydrogens is 419 g/mol. The summed E-state index contributed by atoms with van der Waals surface area (Å²) in [4.78, 5) is 36.7. The number of aromatic nitrogens is 6. The highest BCUT2D eigenvalue weighted by atomic mass is 32.1. The fourth-order valence-corrected chi connectivity index (χ4v) is 4.89. The maximum atomic E-state index is 14.3. The zero-order chi connectivity index (χ0) is 21.1. The van der Waals surface area contributed by atoms with E-state index in [0.717, 1.165) is 39.3 Å². The van der Waals surface area contributed by atoms with Crippen LogP contribution in [0.1, 0.15) is 23.5 Å². The Balaban J connectivity index is 1.38. The Bertz CT molecular complexity index is 1580. The third-order valence-electron chi connectivity index (χ3n) is 5.77. The van der Waals surface area contributed by atoms with Gasteiger partial charge in [-0.05, 0) is 48.4 Å². The topological polar surface area (TPSA) is 109 Å². The smallest absolute Gasteiger partial charge is 0.313 e. The van der Waals surface area contributed by atoms with E-state index in [1.807, 2.05) is 11.6 Å². The number of fused-ring (bicyclic) bond motifs is 2. The molecule has 5 aromatic rings. The standard InChI is InChI=1S/C21H15FN6O2S/c22-18-8-23-19-13(6-16(27-28(18)19)14-7-24-21(30)26-20(14)29)12-5-11(12)3-10-1-2-15-17(4-10)31-9-25-15/h1-2,4,6-9,11-12H,3,5H2,(H2,24,26,29,30)/t11-,12-/m0/s1. The third-order valence-corrected chi connectivity index (χ3v) is 6.56. The van der Waals surface area contributed by atoms with Gasteiger partial charge in [0.15, 0.2) is 5.65 Å². The number of aromatic amines is 2. The van der Waals surface area contributed by atoms with E-state index in [-0.39, 0.29) is 17.2 Å². The summed E-state index contributed by atoms with van der Waals surface area (Å²) in [7, 11) is 0. The highest BCUT2D eigenvalue weighted by Crippen LogP contribution is 2.50. The molecule has 1 aliphatic carbocycles. The number of nitrogens with one attached hydrogen (secondary N) is 2. The first-order valence-electron chi connectivity index (χ1n) is 9.75. The zero-order valence-electron chi connectivity index (χ0n) is 16.0. The van der Waals surface area contributed by atoms with Crippen LogP contribution in [0.5, 0.6) is 0 Å². The summed E-state index contributed by atoms with van der Waals surface area (Å²) < 4.78 is 16.6.